The van der Waals surface area contributed by atoms with Gasteiger partial charge in [0.15, 0.2) is 5.75 Å². The lowest BCUT2D eigenvalue weighted by molar-refractivity contribution is 0.259. The summed E-state index contributed by atoms with van der Waals surface area (Å²) in [6, 6.07) is 20.2. The van der Waals surface area contributed by atoms with E-state index in [1.54, 1.807) is 6.07 Å². The number of anilines is 1. The normalized spacial score (nSPS) is 15.4. The zero-order valence-electron chi connectivity index (χ0n) is 18.9. The molecule has 7 nitrogen and oxygen atoms in total. The zero-order chi connectivity index (χ0) is 23.0. The molecule has 0 atom stereocenters. The molecule has 5 rings (SSSR count). The van der Waals surface area contributed by atoms with Crippen LogP contribution in [0.3, 0.4) is 0 Å². The van der Waals surface area contributed by atoms with E-state index >= 15 is 0 Å². The first kappa shape index (κ1) is 21.7. The van der Waals surface area contributed by atoms with Crippen LogP contribution in [0.15, 0.2) is 60.7 Å². The number of benzene rings is 3. The molecule has 1 aliphatic rings. The van der Waals surface area contributed by atoms with Gasteiger partial charge in [-0.2, -0.15) is 8.42 Å². The Morgan fingerprint density at radius 1 is 0.970 bits per heavy atom. The number of nitrogens with zero attached hydrogens (tertiary/aromatic N) is 4. The average molecular weight is 465 g/mol. The number of aryl methyl sites for hydroxylation is 1. The summed E-state index contributed by atoms with van der Waals surface area (Å²) in [6.07, 6.45) is 1.84. The molecule has 4 aromatic rings. The standard InChI is InChI=1S/C25H28N4O3S/c1-27-23(12-13-28-14-16-29(17-15-28)20-9-4-3-5-10-20)26-24-22(32-33(2,30)31)18-19-8-6-7-11-21(19)25(24)27/h3-11,18H,12-17H2,1-2H3. The van der Waals surface area contributed by atoms with Crippen LogP contribution in [0.1, 0.15) is 5.82 Å². The Balaban J connectivity index is 1.37. The lowest BCUT2D eigenvalue weighted by Crippen LogP contribution is -2.47. The fraction of sp³-hybridized carbons (Fsp3) is 0.320. The lowest BCUT2D eigenvalue weighted by atomic mass is 10.1. The van der Waals surface area contributed by atoms with Gasteiger partial charge in [0.25, 0.3) is 0 Å². The van der Waals surface area contributed by atoms with Crippen molar-refractivity contribution in [2.75, 3.05) is 43.9 Å². The Labute approximate surface area is 194 Å². The summed E-state index contributed by atoms with van der Waals surface area (Å²) >= 11 is 0. The van der Waals surface area contributed by atoms with Crippen molar-refractivity contribution in [2.24, 2.45) is 7.05 Å². The van der Waals surface area contributed by atoms with Crippen LogP contribution >= 0.6 is 0 Å². The first-order chi connectivity index (χ1) is 15.9. The lowest BCUT2D eigenvalue weighted by Gasteiger charge is -2.36. The third kappa shape index (κ3) is 4.54. The highest BCUT2D eigenvalue weighted by atomic mass is 32.2. The summed E-state index contributed by atoms with van der Waals surface area (Å²) in [5.74, 6) is 1.20. The van der Waals surface area contributed by atoms with Crippen molar-refractivity contribution in [1.29, 1.82) is 0 Å². The van der Waals surface area contributed by atoms with E-state index in [2.05, 4.69) is 38.6 Å². The first-order valence-corrected chi connectivity index (χ1v) is 13.0. The molecule has 1 saturated heterocycles. The first-order valence-electron chi connectivity index (χ1n) is 11.2. The number of para-hydroxylation sites is 1. The van der Waals surface area contributed by atoms with Gasteiger partial charge in [-0.25, -0.2) is 4.98 Å². The molecule has 172 valence electrons. The number of fused-ring (bicyclic) bond motifs is 3. The minimum atomic E-state index is -3.66. The van der Waals surface area contributed by atoms with Gasteiger partial charge in [-0.3, -0.25) is 4.90 Å². The molecule has 1 fully saturated rings. The van der Waals surface area contributed by atoms with E-state index in [9.17, 15) is 8.42 Å². The predicted octanol–water partition coefficient (Wildman–Crippen LogP) is 3.43. The zero-order valence-corrected chi connectivity index (χ0v) is 19.8. The van der Waals surface area contributed by atoms with Crippen LogP contribution in [-0.2, 0) is 23.6 Å². The Morgan fingerprint density at radius 2 is 1.67 bits per heavy atom. The molecule has 2 heterocycles. The fourth-order valence-electron chi connectivity index (χ4n) is 4.65. The van der Waals surface area contributed by atoms with E-state index < -0.39 is 10.1 Å². The predicted molar refractivity (Wildman–Crippen MR) is 132 cm³/mol. The van der Waals surface area contributed by atoms with Crippen LogP contribution in [0.2, 0.25) is 0 Å². The van der Waals surface area contributed by atoms with Crippen molar-refractivity contribution in [3.8, 4) is 5.75 Å². The maximum absolute atomic E-state index is 11.9. The second-order valence-electron chi connectivity index (χ2n) is 8.58. The number of rotatable bonds is 6. The average Bonchev–Trinajstić information content (AvgIpc) is 3.15. The molecule has 0 radical (unpaired) electrons. The van der Waals surface area contributed by atoms with Crippen molar-refractivity contribution in [1.82, 2.24) is 14.5 Å². The van der Waals surface area contributed by atoms with Gasteiger partial charge in [0, 0.05) is 57.3 Å². The van der Waals surface area contributed by atoms with Gasteiger partial charge in [-0.05, 0) is 23.6 Å². The van der Waals surface area contributed by atoms with E-state index in [0.29, 0.717) is 5.52 Å². The number of hydrogen-bond acceptors (Lipinski definition) is 6. The summed E-state index contributed by atoms with van der Waals surface area (Å²) in [4.78, 5) is 9.72. The minimum absolute atomic E-state index is 0.282. The Bertz CT molecular complexity index is 1390. The second kappa shape index (κ2) is 8.68. The van der Waals surface area contributed by atoms with Crippen LogP contribution in [0, 0.1) is 0 Å². The third-order valence-electron chi connectivity index (χ3n) is 6.31. The van der Waals surface area contributed by atoms with Crippen LogP contribution in [0.5, 0.6) is 5.75 Å². The maximum Gasteiger partial charge on any atom is 0.306 e. The van der Waals surface area contributed by atoms with Gasteiger partial charge < -0.3 is 13.7 Å². The van der Waals surface area contributed by atoms with E-state index in [1.165, 1.54) is 5.69 Å². The summed E-state index contributed by atoms with van der Waals surface area (Å²) in [7, 11) is -1.67. The third-order valence-corrected chi connectivity index (χ3v) is 6.79. The Morgan fingerprint density at radius 3 is 2.39 bits per heavy atom. The number of piperazine rings is 1. The molecule has 0 amide bonds. The van der Waals surface area contributed by atoms with Crippen LogP contribution < -0.4 is 9.08 Å². The summed E-state index contributed by atoms with van der Waals surface area (Å²) in [6.45, 7) is 4.92. The van der Waals surface area contributed by atoms with Crippen molar-refractivity contribution in [2.45, 2.75) is 6.42 Å². The minimum Gasteiger partial charge on any atom is -0.380 e. The molecule has 0 bridgehead atoms. The quantitative estimate of drug-likeness (QED) is 0.407. The van der Waals surface area contributed by atoms with E-state index in [1.807, 2.05) is 37.4 Å². The van der Waals surface area contributed by atoms with Gasteiger partial charge in [0.2, 0.25) is 0 Å². The molecule has 0 saturated carbocycles. The number of aromatic nitrogens is 2. The molecule has 1 aromatic heterocycles. The SMILES string of the molecule is Cn1c(CCN2CCN(c3ccccc3)CC2)nc2c(OS(C)(=O)=O)cc3ccccc3c21. The topological polar surface area (TPSA) is 67.7 Å². The molecule has 8 heteroatoms. The molecular formula is C25H28N4O3S. The number of hydrogen-bond donors (Lipinski definition) is 0. The highest BCUT2D eigenvalue weighted by Crippen LogP contribution is 2.34. The van der Waals surface area contributed by atoms with Crippen LogP contribution in [-0.4, -0.2) is 61.8 Å². The van der Waals surface area contributed by atoms with Crippen molar-refractivity contribution in [3.05, 3.63) is 66.5 Å². The highest BCUT2D eigenvalue weighted by Gasteiger charge is 2.21. The van der Waals surface area contributed by atoms with Gasteiger partial charge in [-0.15, -0.1) is 0 Å². The van der Waals surface area contributed by atoms with E-state index in [0.717, 1.165) is 67.5 Å². The summed E-state index contributed by atoms with van der Waals surface area (Å²) in [5, 5.41) is 1.96. The van der Waals surface area contributed by atoms with E-state index in [-0.39, 0.29) is 5.75 Å². The molecular weight excluding hydrogens is 436 g/mol. The molecule has 3 aromatic carbocycles. The largest absolute Gasteiger partial charge is 0.380 e. The van der Waals surface area contributed by atoms with Crippen LogP contribution in [0.25, 0.3) is 21.8 Å². The van der Waals surface area contributed by atoms with E-state index in [4.69, 9.17) is 9.17 Å². The second-order valence-corrected chi connectivity index (χ2v) is 10.2. The molecule has 0 spiro atoms. The fourth-order valence-corrected chi connectivity index (χ4v) is 5.10. The van der Waals surface area contributed by atoms with Crippen molar-refractivity contribution < 1.29 is 12.6 Å². The molecule has 0 unspecified atom stereocenters. The molecule has 33 heavy (non-hydrogen) atoms. The smallest absolute Gasteiger partial charge is 0.306 e. The molecule has 0 aliphatic carbocycles. The molecule has 1 aliphatic heterocycles. The number of imidazole rings is 1. The highest BCUT2D eigenvalue weighted by molar-refractivity contribution is 7.86. The van der Waals surface area contributed by atoms with Gasteiger partial charge in [0.05, 0.1) is 11.8 Å². The summed E-state index contributed by atoms with van der Waals surface area (Å²) in [5.41, 5.74) is 2.76. The Kier molecular flexibility index (Phi) is 5.72. The van der Waals surface area contributed by atoms with Crippen molar-refractivity contribution >= 4 is 37.6 Å². The monoisotopic (exact) mass is 464 g/mol. The van der Waals surface area contributed by atoms with Gasteiger partial charge in [-0.1, -0.05) is 42.5 Å². The van der Waals surface area contributed by atoms with Crippen LogP contribution in [0.4, 0.5) is 5.69 Å². The van der Waals surface area contributed by atoms with Gasteiger partial charge in [0.1, 0.15) is 11.3 Å². The van der Waals surface area contributed by atoms with Gasteiger partial charge >= 0.3 is 10.1 Å². The maximum atomic E-state index is 11.9. The molecule has 0 N–H and O–H groups in total. The summed E-state index contributed by atoms with van der Waals surface area (Å²) < 4.78 is 31.1. The Hall–Kier alpha value is -3.10. The van der Waals surface area contributed by atoms with Crippen molar-refractivity contribution in [3.63, 3.8) is 0 Å².